The Morgan fingerprint density at radius 3 is 2.73 bits per heavy atom. The standard InChI is InChI=1S/C16H16F2N2O2/c1-22-13-4-2-3-12(10-13)20-16(21)7-8-19-15-6-5-11(17)9-14(15)18/h2-6,9-10,19H,7-8H2,1H3,(H,20,21). The van der Waals surface area contributed by atoms with E-state index >= 15 is 0 Å². The molecule has 4 nitrogen and oxygen atoms in total. The second-order valence-corrected chi connectivity index (χ2v) is 4.58. The highest BCUT2D eigenvalue weighted by molar-refractivity contribution is 5.91. The van der Waals surface area contributed by atoms with Gasteiger partial charge in [-0.15, -0.1) is 0 Å². The maximum Gasteiger partial charge on any atom is 0.226 e. The molecule has 116 valence electrons. The molecule has 0 saturated heterocycles. The first-order valence-corrected chi connectivity index (χ1v) is 6.71. The highest BCUT2D eigenvalue weighted by Crippen LogP contribution is 2.17. The number of methoxy groups -OCH3 is 1. The Morgan fingerprint density at radius 1 is 1.18 bits per heavy atom. The molecular weight excluding hydrogens is 290 g/mol. The lowest BCUT2D eigenvalue weighted by Gasteiger charge is -2.09. The van der Waals surface area contributed by atoms with E-state index in [1.807, 2.05) is 0 Å². The molecule has 2 N–H and O–H groups in total. The number of hydrogen-bond acceptors (Lipinski definition) is 3. The smallest absolute Gasteiger partial charge is 0.226 e. The molecule has 0 atom stereocenters. The molecule has 0 aliphatic heterocycles. The molecule has 1 amide bonds. The zero-order valence-electron chi connectivity index (χ0n) is 12.0. The van der Waals surface area contributed by atoms with Gasteiger partial charge in [-0.3, -0.25) is 4.79 Å². The molecule has 2 aromatic carbocycles. The van der Waals surface area contributed by atoms with Gasteiger partial charge < -0.3 is 15.4 Å². The number of anilines is 2. The van der Waals surface area contributed by atoms with E-state index < -0.39 is 11.6 Å². The number of rotatable bonds is 6. The topological polar surface area (TPSA) is 50.4 Å². The molecule has 0 bridgehead atoms. The lowest BCUT2D eigenvalue weighted by atomic mass is 10.2. The summed E-state index contributed by atoms with van der Waals surface area (Å²) in [6.07, 6.45) is 0.147. The summed E-state index contributed by atoms with van der Waals surface area (Å²) >= 11 is 0. The lowest BCUT2D eigenvalue weighted by Crippen LogP contribution is -2.16. The quantitative estimate of drug-likeness (QED) is 0.860. The van der Waals surface area contributed by atoms with Crippen LogP contribution in [-0.4, -0.2) is 19.6 Å². The molecule has 0 fully saturated rings. The zero-order valence-corrected chi connectivity index (χ0v) is 12.0. The predicted octanol–water partition coefficient (Wildman–Crippen LogP) is 3.41. The fourth-order valence-corrected chi connectivity index (χ4v) is 1.87. The van der Waals surface area contributed by atoms with Crippen LogP contribution in [0.15, 0.2) is 42.5 Å². The Bertz CT molecular complexity index is 662. The summed E-state index contributed by atoms with van der Waals surface area (Å²) in [4.78, 5) is 11.8. The van der Waals surface area contributed by atoms with Gasteiger partial charge in [0.25, 0.3) is 0 Å². The normalized spacial score (nSPS) is 10.1. The first-order valence-electron chi connectivity index (χ1n) is 6.71. The summed E-state index contributed by atoms with van der Waals surface area (Å²) in [6, 6.07) is 10.2. The summed E-state index contributed by atoms with van der Waals surface area (Å²) in [5.41, 5.74) is 0.785. The van der Waals surface area contributed by atoms with E-state index in [0.29, 0.717) is 11.4 Å². The number of carbonyl (C=O) groups is 1. The van der Waals surface area contributed by atoms with E-state index in [2.05, 4.69) is 10.6 Å². The Hall–Kier alpha value is -2.63. The molecule has 2 rings (SSSR count). The number of benzene rings is 2. The molecule has 0 unspecified atom stereocenters. The van der Waals surface area contributed by atoms with E-state index in [9.17, 15) is 13.6 Å². The van der Waals surface area contributed by atoms with Gasteiger partial charge in [-0.1, -0.05) is 6.07 Å². The van der Waals surface area contributed by atoms with Crippen molar-refractivity contribution in [3.8, 4) is 5.75 Å². The fraction of sp³-hybridized carbons (Fsp3) is 0.188. The predicted molar refractivity (Wildman–Crippen MR) is 81.1 cm³/mol. The molecule has 0 radical (unpaired) electrons. The maximum absolute atomic E-state index is 13.4. The van der Waals surface area contributed by atoms with Gasteiger partial charge >= 0.3 is 0 Å². The van der Waals surface area contributed by atoms with Crippen molar-refractivity contribution < 1.29 is 18.3 Å². The number of ether oxygens (including phenoxy) is 1. The molecule has 0 aliphatic rings. The van der Waals surface area contributed by atoms with Crippen molar-refractivity contribution in [1.82, 2.24) is 0 Å². The summed E-state index contributed by atoms with van der Waals surface area (Å²) in [5.74, 6) is -0.903. The lowest BCUT2D eigenvalue weighted by molar-refractivity contribution is -0.115. The second kappa shape index (κ2) is 7.40. The van der Waals surface area contributed by atoms with E-state index in [1.165, 1.54) is 6.07 Å². The number of nitrogens with one attached hydrogen (secondary N) is 2. The summed E-state index contributed by atoms with van der Waals surface area (Å²) < 4.78 is 31.2. The van der Waals surface area contributed by atoms with Crippen molar-refractivity contribution in [2.45, 2.75) is 6.42 Å². The Morgan fingerprint density at radius 2 is 2.00 bits per heavy atom. The van der Waals surface area contributed by atoms with Crippen LogP contribution in [0.5, 0.6) is 5.75 Å². The number of halogens is 2. The van der Waals surface area contributed by atoms with Crippen LogP contribution in [0, 0.1) is 11.6 Å². The van der Waals surface area contributed by atoms with Gasteiger partial charge in [0.05, 0.1) is 12.8 Å². The Balaban J connectivity index is 1.82. The summed E-state index contributed by atoms with van der Waals surface area (Å²) in [7, 11) is 1.54. The zero-order chi connectivity index (χ0) is 15.9. The molecule has 22 heavy (non-hydrogen) atoms. The molecule has 6 heteroatoms. The fourth-order valence-electron chi connectivity index (χ4n) is 1.87. The monoisotopic (exact) mass is 306 g/mol. The van der Waals surface area contributed by atoms with Crippen LogP contribution in [0.25, 0.3) is 0 Å². The van der Waals surface area contributed by atoms with Gasteiger partial charge in [-0.05, 0) is 24.3 Å². The first-order chi connectivity index (χ1) is 10.6. The van der Waals surface area contributed by atoms with Crippen molar-refractivity contribution in [2.24, 2.45) is 0 Å². The summed E-state index contributed by atoms with van der Waals surface area (Å²) in [5, 5.41) is 5.47. The van der Waals surface area contributed by atoms with Crippen LogP contribution in [0.1, 0.15) is 6.42 Å². The van der Waals surface area contributed by atoms with Crippen LogP contribution in [0.4, 0.5) is 20.2 Å². The van der Waals surface area contributed by atoms with Crippen molar-refractivity contribution >= 4 is 17.3 Å². The average molecular weight is 306 g/mol. The molecule has 0 saturated carbocycles. The van der Waals surface area contributed by atoms with Crippen molar-refractivity contribution in [1.29, 1.82) is 0 Å². The second-order valence-electron chi connectivity index (χ2n) is 4.58. The van der Waals surface area contributed by atoms with Gasteiger partial charge in [0.2, 0.25) is 5.91 Å². The van der Waals surface area contributed by atoms with Crippen molar-refractivity contribution in [3.05, 3.63) is 54.1 Å². The Kier molecular flexibility index (Phi) is 5.30. The van der Waals surface area contributed by atoms with E-state index in [0.717, 1.165) is 12.1 Å². The minimum absolute atomic E-state index is 0.147. The van der Waals surface area contributed by atoms with Gasteiger partial charge in [0, 0.05) is 30.8 Å². The first kappa shape index (κ1) is 15.8. The average Bonchev–Trinajstić information content (AvgIpc) is 2.49. The SMILES string of the molecule is COc1cccc(NC(=O)CCNc2ccc(F)cc2F)c1. The maximum atomic E-state index is 13.4. The number of carbonyl (C=O) groups excluding carboxylic acids is 1. The molecule has 2 aromatic rings. The third kappa shape index (κ3) is 4.44. The number of amides is 1. The van der Waals surface area contributed by atoms with Crippen molar-refractivity contribution in [2.75, 3.05) is 24.3 Å². The van der Waals surface area contributed by atoms with E-state index in [4.69, 9.17) is 4.74 Å². The van der Waals surface area contributed by atoms with Crippen LogP contribution in [0.2, 0.25) is 0 Å². The Labute approximate surface area is 127 Å². The number of hydrogen-bond donors (Lipinski definition) is 2. The van der Waals surface area contributed by atoms with Crippen LogP contribution >= 0.6 is 0 Å². The third-order valence-electron chi connectivity index (χ3n) is 2.95. The van der Waals surface area contributed by atoms with Gasteiger partial charge in [0.1, 0.15) is 17.4 Å². The minimum Gasteiger partial charge on any atom is -0.497 e. The summed E-state index contributed by atoms with van der Waals surface area (Å²) in [6.45, 7) is 0.234. The molecule has 0 heterocycles. The molecule has 0 aliphatic carbocycles. The molecule has 0 spiro atoms. The van der Waals surface area contributed by atoms with E-state index in [-0.39, 0.29) is 24.6 Å². The van der Waals surface area contributed by atoms with Gasteiger partial charge in [0.15, 0.2) is 0 Å². The highest BCUT2D eigenvalue weighted by atomic mass is 19.1. The third-order valence-corrected chi connectivity index (χ3v) is 2.95. The van der Waals surface area contributed by atoms with E-state index in [1.54, 1.807) is 31.4 Å². The van der Waals surface area contributed by atoms with Crippen LogP contribution in [0.3, 0.4) is 0 Å². The molecular formula is C16H16F2N2O2. The van der Waals surface area contributed by atoms with Crippen molar-refractivity contribution in [3.63, 3.8) is 0 Å². The van der Waals surface area contributed by atoms with Crippen LogP contribution < -0.4 is 15.4 Å². The van der Waals surface area contributed by atoms with Gasteiger partial charge in [-0.25, -0.2) is 8.78 Å². The largest absolute Gasteiger partial charge is 0.497 e. The minimum atomic E-state index is -0.687. The highest BCUT2D eigenvalue weighted by Gasteiger charge is 2.06. The van der Waals surface area contributed by atoms with Gasteiger partial charge in [-0.2, -0.15) is 0 Å². The molecule has 0 aromatic heterocycles. The van der Waals surface area contributed by atoms with Crippen LogP contribution in [-0.2, 0) is 4.79 Å².